The zero-order chi connectivity index (χ0) is 16.5. The Kier molecular flexibility index (Phi) is 5.34. The second-order valence-electron chi connectivity index (χ2n) is 5.01. The van der Waals surface area contributed by atoms with Gasteiger partial charge in [0, 0.05) is 26.2 Å². The molecule has 9 heteroatoms. The summed E-state index contributed by atoms with van der Waals surface area (Å²) in [5, 5.41) is 9.19. The second kappa shape index (κ2) is 6.72. The number of halogens is 2. The number of aliphatic carboxylic acids is 1. The average molecular weight is 367 g/mol. The van der Waals surface area contributed by atoms with E-state index in [0.717, 1.165) is 0 Å². The molecule has 122 valence electrons. The maximum atomic E-state index is 12.6. The van der Waals surface area contributed by atoms with Crippen LogP contribution in [-0.4, -0.2) is 60.9 Å². The van der Waals surface area contributed by atoms with Crippen LogP contribution in [0.2, 0.25) is 10.0 Å². The fourth-order valence-electron chi connectivity index (χ4n) is 2.31. The summed E-state index contributed by atoms with van der Waals surface area (Å²) in [5.41, 5.74) is 0. The lowest BCUT2D eigenvalue weighted by atomic mass is 10.2. The Balaban J connectivity index is 2.16. The predicted molar refractivity (Wildman–Crippen MR) is 83.9 cm³/mol. The molecule has 0 aromatic heterocycles. The van der Waals surface area contributed by atoms with Gasteiger partial charge in [0.25, 0.3) is 0 Å². The van der Waals surface area contributed by atoms with E-state index in [1.807, 2.05) is 0 Å². The van der Waals surface area contributed by atoms with Crippen LogP contribution < -0.4 is 0 Å². The van der Waals surface area contributed by atoms with Gasteiger partial charge in [-0.2, -0.15) is 4.31 Å². The van der Waals surface area contributed by atoms with Crippen LogP contribution in [0.5, 0.6) is 0 Å². The van der Waals surface area contributed by atoms with Crippen molar-refractivity contribution in [2.45, 2.75) is 17.9 Å². The van der Waals surface area contributed by atoms with E-state index in [-0.39, 0.29) is 28.0 Å². The van der Waals surface area contributed by atoms with E-state index < -0.39 is 22.0 Å². The van der Waals surface area contributed by atoms with Crippen LogP contribution >= 0.6 is 23.2 Å². The standard InChI is InChI=1S/C13H16Cl2N2O4S/c1-9(13(18)19)16-5-7-17(8-6-16)22(20,21)11-4-2-3-10(14)12(11)15/h2-4,9H,5-8H2,1H3,(H,18,19). The van der Waals surface area contributed by atoms with Crippen molar-refractivity contribution in [3.8, 4) is 0 Å². The number of hydrogen-bond donors (Lipinski definition) is 1. The van der Waals surface area contributed by atoms with Crippen LogP contribution in [0.15, 0.2) is 23.1 Å². The van der Waals surface area contributed by atoms with E-state index in [0.29, 0.717) is 13.1 Å². The van der Waals surface area contributed by atoms with Crippen molar-refractivity contribution >= 4 is 39.2 Å². The number of carboxylic acid groups (broad SMARTS) is 1. The Bertz CT molecular complexity index is 673. The van der Waals surface area contributed by atoms with Gasteiger partial charge in [0.15, 0.2) is 0 Å². The van der Waals surface area contributed by atoms with E-state index in [1.165, 1.54) is 22.5 Å². The van der Waals surface area contributed by atoms with Gasteiger partial charge in [-0.05, 0) is 19.1 Å². The molecule has 0 saturated carbocycles. The Morgan fingerprint density at radius 2 is 1.82 bits per heavy atom. The minimum absolute atomic E-state index is 0.00509. The molecule has 1 fully saturated rings. The van der Waals surface area contributed by atoms with E-state index in [1.54, 1.807) is 11.8 Å². The highest BCUT2D eigenvalue weighted by atomic mass is 35.5. The molecule has 22 heavy (non-hydrogen) atoms. The molecule has 0 radical (unpaired) electrons. The summed E-state index contributed by atoms with van der Waals surface area (Å²) in [6.45, 7) is 2.71. The number of carbonyl (C=O) groups is 1. The normalized spacial score (nSPS) is 19.0. The molecular weight excluding hydrogens is 351 g/mol. The molecular formula is C13H16Cl2N2O4S. The number of piperazine rings is 1. The molecule has 1 saturated heterocycles. The predicted octanol–water partition coefficient (Wildman–Crippen LogP) is 1.77. The largest absolute Gasteiger partial charge is 0.480 e. The van der Waals surface area contributed by atoms with E-state index in [9.17, 15) is 13.2 Å². The summed E-state index contributed by atoms with van der Waals surface area (Å²) in [6, 6.07) is 3.83. The van der Waals surface area contributed by atoms with Crippen LogP contribution in [0, 0.1) is 0 Å². The minimum Gasteiger partial charge on any atom is -0.480 e. The fourth-order valence-corrected chi connectivity index (χ4v) is 4.47. The summed E-state index contributed by atoms with van der Waals surface area (Å²) in [6.07, 6.45) is 0. The van der Waals surface area contributed by atoms with Gasteiger partial charge in [-0.25, -0.2) is 8.42 Å². The van der Waals surface area contributed by atoms with Crippen LogP contribution in [0.1, 0.15) is 6.92 Å². The molecule has 1 atom stereocenters. The molecule has 1 aromatic carbocycles. The van der Waals surface area contributed by atoms with Gasteiger partial charge in [0.05, 0.1) is 10.0 Å². The summed E-state index contributed by atoms with van der Waals surface area (Å²) >= 11 is 11.9. The van der Waals surface area contributed by atoms with Crippen LogP contribution in [0.25, 0.3) is 0 Å². The monoisotopic (exact) mass is 366 g/mol. The van der Waals surface area contributed by atoms with E-state index >= 15 is 0 Å². The first-order valence-corrected chi connectivity index (χ1v) is 8.85. The lowest BCUT2D eigenvalue weighted by molar-refractivity contribution is -0.143. The van der Waals surface area contributed by atoms with Crippen molar-refractivity contribution in [1.29, 1.82) is 0 Å². The Morgan fingerprint density at radius 3 is 2.36 bits per heavy atom. The quantitative estimate of drug-likeness (QED) is 0.878. The molecule has 1 N–H and O–H groups in total. The molecule has 1 aliphatic heterocycles. The lowest BCUT2D eigenvalue weighted by Crippen LogP contribution is -2.53. The van der Waals surface area contributed by atoms with Crippen LogP contribution in [0.4, 0.5) is 0 Å². The van der Waals surface area contributed by atoms with Crippen molar-refractivity contribution in [2.24, 2.45) is 0 Å². The van der Waals surface area contributed by atoms with Crippen molar-refractivity contribution in [3.63, 3.8) is 0 Å². The van der Waals surface area contributed by atoms with Crippen molar-refractivity contribution < 1.29 is 18.3 Å². The van der Waals surface area contributed by atoms with Crippen molar-refractivity contribution in [1.82, 2.24) is 9.21 Å². The topological polar surface area (TPSA) is 77.9 Å². The highest BCUT2D eigenvalue weighted by Crippen LogP contribution is 2.31. The third-order valence-corrected chi connectivity index (χ3v) is 6.58. The molecule has 6 nitrogen and oxygen atoms in total. The first-order valence-electron chi connectivity index (χ1n) is 6.66. The maximum absolute atomic E-state index is 12.6. The highest BCUT2D eigenvalue weighted by molar-refractivity contribution is 7.89. The van der Waals surface area contributed by atoms with Crippen LogP contribution in [0.3, 0.4) is 0 Å². The Hall–Kier alpha value is -0.860. The first-order chi connectivity index (χ1) is 10.2. The molecule has 0 bridgehead atoms. The third kappa shape index (κ3) is 3.38. The first kappa shape index (κ1) is 17.5. The molecule has 1 heterocycles. The highest BCUT2D eigenvalue weighted by Gasteiger charge is 2.33. The number of rotatable bonds is 4. The Morgan fingerprint density at radius 1 is 1.23 bits per heavy atom. The molecule has 0 spiro atoms. The third-order valence-electron chi connectivity index (χ3n) is 3.71. The molecule has 1 aliphatic rings. The fraction of sp³-hybridized carbons (Fsp3) is 0.462. The number of benzene rings is 1. The number of nitrogens with zero attached hydrogens (tertiary/aromatic N) is 2. The van der Waals surface area contributed by atoms with Crippen molar-refractivity contribution in [2.75, 3.05) is 26.2 Å². The molecule has 1 unspecified atom stereocenters. The summed E-state index contributed by atoms with van der Waals surface area (Å²) < 4.78 is 26.5. The zero-order valence-corrected chi connectivity index (χ0v) is 14.2. The molecule has 2 rings (SSSR count). The van der Waals surface area contributed by atoms with Gasteiger partial charge in [-0.3, -0.25) is 9.69 Å². The Labute approximate surface area is 139 Å². The second-order valence-corrected chi connectivity index (χ2v) is 7.70. The smallest absolute Gasteiger partial charge is 0.320 e. The molecule has 0 amide bonds. The number of carboxylic acids is 1. The van der Waals surface area contributed by atoms with Gasteiger partial charge in [0.2, 0.25) is 10.0 Å². The molecule has 1 aromatic rings. The lowest BCUT2D eigenvalue weighted by Gasteiger charge is -2.35. The van der Waals surface area contributed by atoms with E-state index in [4.69, 9.17) is 28.3 Å². The number of sulfonamides is 1. The average Bonchev–Trinajstić information content (AvgIpc) is 2.49. The number of hydrogen-bond acceptors (Lipinski definition) is 4. The zero-order valence-electron chi connectivity index (χ0n) is 11.9. The summed E-state index contributed by atoms with van der Waals surface area (Å²) in [5.74, 6) is -0.922. The van der Waals surface area contributed by atoms with Gasteiger partial charge < -0.3 is 5.11 Å². The summed E-state index contributed by atoms with van der Waals surface area (Å²) in [7, 11) is -3.74. The van der Waals surface area contributed by atoms with Crippen molar-refractivity contribution in [3.05, 3.63) is 28.2 Å². The van der Waals surface area contributed by atoms with Gasteiger partial charge in [0.1, 0.15) is 10.9 Å². The van der Waals surface area contributed by atoms with Gasteiger partial charge >= 0.3 is 5.97 Å². The summed E-state index contributed by atoms with van der Waals surface area (Å²) in [4.78, 5) is 12.7. The van der Waals surface area contributed by atoms with Gasteiger partial charge in [-0.15, -0.1) is 0 Å². The minimum atomic E-state index is -3.74. The van der Waals surface area contributed by atoms with Gasteiger partial charge in [-0.1, -0.05) is 29.3 Å². The van der Waals surface area contributed by atoms with Crippen LogP contribution in [-0.2, 0) is 14.8 Å². The maximum Gasteiger partial charge on any atom is 0.320 e. The van der Waals surface area contributed by atoms with E-state index in [2.05, 4.69) is 0 Å². The molecule has 0 aliphatic carbocycles. The SMILES string of the molecule is CC(C(=O)O)N1CCN(S(=O)(=O)c2cccc(Cl)c2Cl)CC1.